The lowest BCUT2D eigenvalue weighted by molar-refractivity contribution is -0.144. The van der Waals surface area contributed by atoms with Gasteiger partial charge in [0.15, 0.2) is 11.6 Å². The summed E-state index contributed by atoms with van der Waals surface area (Å²) in [7, 11) is 0. The molecule has 56 heavy (non-hydrogen) atoms. The quantitative estimate of drug-likeness (QED) is 0.0511. The number of aliphatic carboxylic acids is 2. The van der Waals surface area contributed by atoms with Crippen LogP contribution in [0.4, 0.5) is 0 Å². The van der Waals surface area contributed by atoms with Crippen molar-refractivity contribution in [1.82, 2.24) is 5.32 Å². The van der Waals surface area contributed by atoms with Gasteiger partial charge in [0.25, 0.3) is 0 Å². The van der Waals surface area contributed by atoms with Crippen molar-refractivity contribution in [3.05, 3.63) is 0 Å². The summed E-state index contributed by atoms with van der Waals surface area (Å²) < 4.78 is 21.5. The first-order valence-corrected chi connectivity index (χ1v) is 21.4. The number of unbranched alkanes of at least 4 members (excludes halogenated alkanes) is 15. The van der Waals surface area contributed by atoms with Crippen LogP contribution in [-0.2, 0) is 47.7 Å². The van der Waals surface area contributed by atoms with Crippen molar-refractivity contribution < 1.29 is 57.9 Å². The maximum atomic E-state index is 12.4. The van der Waals surface area contributed by atoms with Crippen molar-refractivity contribution >= 4 is 35.2 Å². The van der Waals surface area contributed by atoms with E-state index in [1.165, 1.54) is 57.8 Å². The Hall–Kier alpha value is -2.74. The number of carbonyl (C=O) groups excluding carboxylic acids is 4. The van der Waals surface area contributed by atoms with Crippen LogP contribution in [0.15, 0.2) is 0 Å². The van der Waals surface area contributed by atoms with E-state index in [1.54, 1.807) is 0 Å². The Kier molecular flexibility index (Phi) is 34.8. The Morgan fingerprint density at radius 2 is 0.946 bits per heavy atom. The third-order valence-electron chi connectivity index (χ3n) is 9.53. The Labute approximate surface area is 337 Å². The number of carbonyl (C=O) groups is 6. The maximum Gasteiger partial charge on any atom is 0.306 e. The largest absolute Gasteiger partial charge is 0.481 e. The summed E-state index contributed by atoms with van der Waals surface area (Å²) in [4.78, 5) is 70.6. The van der Waals surface area contributed by atoms with E-state index in [0.717, 1.165) is 44.9 Å². The molecule has 0 heterocycles. The number of carboxylic acids is 2. The lowest BCUT2D eigenvalue weighted by Crippen LogP contribution is -2.29. The van der Waals surface area contributed by atoms with Crippen LogP contribution in [-0.4, -0.2) is 105 Å². The fraction of sp³-hybridized carbons (Fsp3) is 0.860. The van der Waals surface area contributed by atoms with Gasteiger partial charge in [-0.05, 0) is 25.7 Å². The molecule has 0 spiro atoms. The molecule has 13 heteroatoms. The van der Waals surface area contributed by atoms with Crippen LogP contribution in [0.2, 0.25) is 0 Å². The molecule has 0 saturated carbocycles. The van der Waals surface area contributed by atoms with E-state index in [0.29, 0.717) is 39.1 Å². The Bertz CT molecular complexity index is 1060. The van der Waals surface area contributed by atoms with E-state index < -0.39 is 23.3 Å². The van der Waals surface area contributed by atoms with E-state index in [9.17, 15) is 33.9 Å². The summed E-state index contributed by atoms with van der Waals surface area (Å²) in [5.74, 6) is -2.99. The highest BCUT2D eigenvalue weighted by Gasteiger charge is 2.22. The molecule has 326 valence electrons. The minimum atomic E-state index is -1.06. The third-order valence-corrected chi connectivity index (χ3v) is 9.53. The molecule has 0 aliphatic carbocycles. The number of hydrogen-bond acceptors (Lipinski definition) is 10. The number of hydrogen-bond donors (Lipinski definition) is 3. The highest BCUT2D eigenvalue weighted by atomic mass is 16.5. The molecule has 0 aromatic carbocycles. The van der Waals surface area contributed by atoms with Crippen LogP contribution >= 0.6 is 0 Å². The van der Waals surface area contributed by atoms with Gasteiger partial charge < -0.3 is 34.5 Å². The predicted molar refractivity (Wildman–Crippen MR) is 216 cm³/mol. The second kappa shape index (κ2) is 36.6. The number of rotatable bonds is 42. The molecule has 0 aromatic heterocycles. The zero-order valence-corrected chi connectivity index (χ0v) is 35.2. The smallest absolute Gasteiger partial charge is 0.306 e. The highest BCUT2D eigenvalue weighted by Crippen LogP contribution is 2.17. The Morgan fingerprint density at radius 3 is 1.45 bits per heavy atom. The van der Waals surface area contributed by atoms with Crippen LogP contribution in [0.5, 0.6) is 0 Å². The van der Waals surface area contributed by atoms with Crippen LogP contribution in [0.1, 0.15) is 168 Å². The average molecular weight is 800 g/mol. The van der Waals surface area contributed by atoms with Crippen molar-refractivity contribution in [3.8, 4) is 0 Å². The number of nitrogens with one attached hydrogen (secondary N) is 1. The number of ketones is 3. The van der Waals surface area contributed by atoms with Gasteiger partial charge in [0.2, 0.25) is 5.91 Å². The standard InChI is InChI=1S/C43H77NO12/c1-43(2,3)39(47)35-56-32-29-53-27-20-22-38(46)34-55-31-30-54-28-26-44-40(48)25-24-36(42(51)52)33-37(45)21-18-16-14-12-10-8-6-4-5-7-9-11-13-15-17-19-23-41(49)50/h36H,4-35H2,1-3H3,(H,44,48)(H,49,50)(H,51,52)/t36-/m1/s1. The van der Waals surface area contributed by atoms with Gasteiger partial charge in [-0.3, -0.25) is 28.8 Å². The van der Waals surface area contributed by atoms with Gasteiger partial charge in [0.05, 0.1) is 39.0 Å². The second-order valence-electron chi connectivity index (χ2n) is 15.9. The average Bonchev–Trinajstić information content (AvgIpc) is 3.14. The molecule has 13 nitrogen and oxygen atoms in total. The molecule has 3 N–H and O–H groups in total. The molecule has 0 aliphatic rings. The van der Waals surface area contributed by atoms with E-state index in [2.05, 4.69) is 5.32 Å². The summed E-state index contributed by atoms with van der Waals surface area (Å²) in [5, 5.41) is 20.9. The summed E-state index contributed by atoms with van der Waals surface area (Å²) in [6, 6.07) is 0. The lowest BCUT2D eigenvalue weighted by Gasteiger charge is -2.16. The Morgan fingerprint density at radius 1 is 0.500 bits per heavy atom. The van der Waals surface area contributed by atoms with E-state index in [-0.39, 0.29) is 88.5 Å². The maximum absolute atomic E-state index is 12.4. The summed E-state index contributed by atoms with van der Waals surface area (Å²) in [6.07, 6.45) is 19.8. The normalized spacial score (nSPS) is 12.1. The fourth-order valence-corrected chi connectivity index (χ4v) is 5.87. The second-order valence-corrected chi connectivity index (χ2v) is 15.9. The lowest BCUT2D eigenvalue weighted by atomic mass is 9.91. The third kappa shape index (κ3) is 36.9. The number of ether oxygens (including phenoxy) is 4. The van der Waals surface area contributed by atoms with Gasteiger partial charge in [-0.25, -0.2) is 0 Å². The first-order valence-electron chi connectivity index (χ1n) is 21.4. The number of amides is 1. The molecule has 0 radical (unpaired) electrons. The molecule has 0 fully saturated rings. The van der Waals surface area contributed by atoms with Crippen molar-refractivity contribution in [1.29, 1.82) is 0 Å². The van der Waals surface area contributed by atoms with Crippen LogP contribution in [0, 0.1) is 11.3 Å². The minimum absolute atomic E-state index is 0.0174. The molecule has 0 saturated heterocycles. The van der Waals surface area contributed by atoms with E-state index in [4.69, 9.17) is 24.1 Å². The van der Waals surface area contributed by atoms with Crippen molar-refractivity contribution in [2.45, 2.75) is 168 Å². The van der Waals surface area contributed by atoms with Crippen molar-refractivity contribution in [2.24, 2.45) is 11.3 Å². The van der Waals surface area contributed by atoms with Gasteiger partial charge in [-0.2, -0.15) is 0 Å². The van der Waals surface area contributed by atoms with Gasteiger partial charge >= 0.3 is 11.9 Å². The van der Waals surface area contributed by atoms with Crippen molar-refractivity contribution in [2.75, 3.05) is 59.4 Å². The molecular formula is C43H77NO12. The zero-order valence-electron chi connectivity index (χ0n) is 35.2. The molecule has 0 aromatic rings. The SMILES string of the molecule is CC(C)(C)C(=O)COCCOCCCC(=O)COCCOCCNC(=O)CC[C@H](CC(=O)CCCCCCCCCCCCCCCCCCC(=O)O)C(=O)O. The molecule has 0 bridgehead atoms. The Balaban J connectivity index is 3.66. The van der Waals surface area contributed by atoms with E-state index in [1.807, 2.05) is 20.8 Å². The monoisotopic (exact) mass is 800 g/mol. The molecule has 1 atom stereocenters. The molecular weight excluding hydrogens is 722 g/mol. The first kappa shape index (κ1) is 53.3. The fourth-order valence-electron chi connectivity index (χ4n) is 5.87. The molecule has 0 rings (SSSR count). The molecule has 0 unspecified atom stereocenters. The van der Waals surface area contributed by atoms with E-state index >= 15 is 0 Å². The minimum Gasteiger partial charge on any atom is -0.481 e. The van der Waals surface area contributed by atoms with Gasteiger partial charge in [0.1, 0.15) is 19.0 Å². The van der Waals surface area contributed by atoms with Gasteiger partial charge in [-0.1, -0.05) is 111 Å². The number of carboxylic acid groups (broad SMARTS) is 2. The molecule has 1 amide bonds. The van der Waals surface area contributed by atoms with Crippen LogP contribution < -0.4 is 5.32 Å². The van der Waals surface area contributed by atoms with Gasteiger partial charge in [0, 0.05) is 50.7 Å². The summed E-state index contributed by atoms with van der Waals surface area (Å²) in [5.41, 5.74) is -0.423. The van der Waals surface area contributed by atoms with Crippen molar-refractivity contribution in [3.63, 3.8) is 0 Å². The zero-order chi connectivity index (χ0) is 41.7. The van der Waals surface area contributed by atoms with Crippen LogP contribution in [0.25, 0.3) is 0 Å². The molecule has 0 aliphatic heterocycles. The summed E-state index contributed by atoms with van der Waals surface area (Å²) >= 11 is 0. The van der Waals surface area contributed by atoms with Crippen LogP contribution in [0.3, 0.4) is 0 Å². The topological polar surface area (TPSA) is 192 Å². The van der Waals surface area contributed by atoms with Gasteiger partial charge in [-0.15, -0.1) is 0 Å². The first-order chi connectivity index (χ1) is 26.8. The highest BCUT2D eigenvalue weighted by molar-refractivity contribution is 5.85. The number of Topliss-reactive ketones (excluding diaryl/α,β-unsaturated/α-hetero) is 3. The summed E-state index contributed by atoms with van der Waals surface area (Å²) in [6.45, 7) is 7.68. The predicted octanol–water partition coefficient (Wildman–Crippen LogP) is 7.68.